The number of fused-ring (bicyclic) bond motifs is 1. The standard InChI is InChI=1S/C16H12N2O/c17-16(19)12-6-3-5-11(8-12)15-10-18-9-13-4-1-2-7-14(13)15/h1-10H,(H2,17,19). The summed E-state index contributed by atoms with van der Waals surface area (Å²) in [7, 11) is 0. The lowest BCUT2D eigenvalue weighted by Crippen LogP contribution is -2.10. The Labute approximate surface area is 110 Å². The Balaban J connectivity index is 2.24. The molecule has 0 aliphatic carbocycles. The Kier molecular flexibility index (Phi) is 2.72. The number of nitrogens with two attached hydrogens (primary N) is 1. The summed E-state index contributed by atoms with van der Waals surface area (Å²) in [5.41, 5.74) is 7.77. The lowest BCUT2D eigenvalue weighted by Gasteiger charge is -2.07. The SMILES string of the molecule is NC(=O)c1cccc(-c2cncc3ccccc23)c1. The van der Waals surface area contributed by atoms with Crippen LogP contribution >= 0.6 is 0 Å². The summed E-state index contributed by atoms with van der Waals surface area (Å²) >= 11 is 0. The molecule has 3 aromatic rings. The van der Waals surface area contributed by atoms with Gasteiger partial charge in [-0.2, -0.15) is 0 Å². The highest BCUT2D eigenvalue weighted by molar-refractivity contribution is 5.98. The fourth-order valence-electron chi connectivity index (χ4n) is 2.19. The topological polar surface area (TPSA) is 56.0 Å². The molecular weight excluding hydrogens is 236 g/mol. The van der Waals surface area contributed by atoms with Crippen molar-refractivity contribution >= 4 is 16.7 Å². The smallest absolute Gasteiger partial charge is 0.248 e. The van der Waals surface area contributed by atoms with Crippen LogP contribution < -0.4 is 5.73 Å². The Morgan fingerprint density at radius 1 is 1.00 bits per heavy atom. The maximum absolute atomic E-state index is 11.3. The van der Waals surface area contributed by atoms with E-state index in [1.807, 2.05) is 48.8 Å². The van der Waals surface area contributed by atoms with E-state index in [0.29, 0.717) is 5.56 Å². The lowest BCUT2D eigenvalue weighted by molar-refractivity contribution is 0.100. The molecule has 0 aliphatic rings. The molecule has 0 saturated heterocycles. The number of carbonyl (C=O) groups is 1. The van der Waals surface area contributed by atoms with Crippen LogP contribution in [0.5, 0.6) is 0 Å². The minimum atomic E-state index is -0.421. The number of aromatic nitrogens is 1. The molecule has 3 heteroatoms. The van der Waals surface area contributed by atoms with Crippen molar-refractivity contribution in [3.05, 3.63) is 66.5 Å². The molecule has 3 rings (SSSR count). The molecule has 0 fully saturated rings. The molecule has 19 heavy (non-hydrogen) atoms. The molecule has 1 aromatic heterocycles. The normalized spacial score (nSPS) is 10.5. The highest BCUT2D eigenvalue weighted by Crippen LogP contribution is 2.27. The first-order valence-corrected chi connectivity index (χ1v) is 5.99. The minimum Gasteiger partial charge on any atom is -0.366 e. The van der Waals surface area contributed by atoms with Crippen molar-refractivity contribution in [2.24, 2.45) is 5.73 Å². The van der Waals surface area contributed by atoms with Gasteiger partial charge in [-0.05, 0) is 23.1 Å². The fraction of sp³-hybridized carbons (Fsp3) is 0. The van der Waals surface area contributed by atoms with Crippen LogP contribution in [0.4, 0.5) is 0 Å². The molecule has 0 spiro atoms. The van der Waals surface area contributed by atoms with Crippen molar-refractivity contribution in [2.45, 2.75) is 0 Å². The monoisotopic (exact) mass is 248 g/mol. The third kappa shape index (κ3) is 2.06. The average Bonchev–Trinajstić information content (AvgIpc) is 2.47. The summed E-state index contributed by atoms with van der Waals surface area (Å²) in [6.45, 7) is 0. The van der Waals surface area contributed by atoms with Crippen molar-refractivity contribution in [3.63, 3.8) is 0 Å². The van der Waals surface area contributed by atoms with Crippen molar-refractivity contribution < 1.29 is 4.79 Å². The number of nitrogens with zero attached hydrogens (tertiary/aromatic N) is 1. The van der Waals surface area contributed by atoms with Gasteiger partial charge in [-0.25, -0.2) is 0 Å². The molecule has 92 valence electrons. The van der Waals surface area contributed by atoms with E-state index in [0.717, 1.165) is 21.9 Å². The molecular formula is C16H12N2O. The lowest BCUT2D eigenvalue weighted by atomic mass is 9.99. The fourth-order valence-corrected chi connectivity index (χ4v) is 2.19. The number of benzene rings is 2. The maximum Gasteiger partial charge on any atom is 0.248 e. The molecule has 2 N–H and O–H groups in total. The van der Waals surface area contributed by atoms with Crippen molar-refractivity contribution in [1.82, 2.24) is 4.98 Å². The van der Waals surface area contributed by atoms with Crippen LogP contribution in [0.2, 0.25) is 0 Å². The van der Waals surface area contributed by atoms with Gasteiger partial charge in [0.25, 0.3) is 0 Å². The number of amides is 1. The van der Waals surface area contributed by atoms with Crippen LogP contribution in [-0.4, -0.2) is 10.9 Å². The number of hydrogen-bond acceptors (Lipinski definition) is 2. The number of carbonyl (C=O) groups excluding carboxylic acids is 1. The van der Waals surface area contributed by atoms with E-state index in [-0.39, 0.29) is 0 Å². The molecule has 3 nitrogen and oxygen atoms in total. The van der Waals surface area contributed by atoms with Gasteiger partial charge in [0, 0.05) is 28.9 Å². The van der Waals surface area contributed by atoms with E-state index in [1.165, 1.54) is 0 Å². The van der Waals surface area contributed by atoms with E-state index < -0.39 is 5.91 Å². The zero-order valence-electron chi connectivity index (χ0n) is 10.2. The molecule has 0 radical (unpaired) electrons. The van der Waals surface area contributed by atoms with Crippen molar-refractivity contribution in [2.75, 3.05) is 0 Å². The number of hydrogen-bond donors (Lipinski definition) is 1. The van der Waals surface area contributed by atoms with E-state index >= 15 is 0 Å². The summed E-state index contributed by atoms with van der Waals surface area (Å²) in [6.07, 6.45) is 3.64. The molecule has 1 heterocycles. The van der Waals surface area contributed by atoms with Crippen LogP contribution in [0.3, 0.4) is 0 Å². The van der Waals surface area contributed by atoms with Crippen molar-refractivity contribution in [1.29, 1.82) is 0 Å². The molecule has 0 atom stereocenters. The first-order chi connectivity index (χ1) is 9.25. The molecule has 2 aromatic carbocycles. The highest BCUT2D eigenvalue weighted by Gasteiger charge is 2.06. The Morgan fingerprint density at radius 2 is 1.84 bits per heavy atom. The van der Waals surface area contributed by atoms with Gasteiger partial charge in [0.15, 0.2) is 0 Å². The van der Waals surface area contributed by atoms with E-state index in [2.05, 4.69) is 4.98 Å². The first-order valence-electron chi connectivity index (χ1n) is 5.99. The summed E-state index contributed by atoms with van der Waals surface area (Å²) in [6, 6.07) is 15.3. The van der Waals surface area contributed by atoms with Crippen molar-refractivity contribution in [3.8, 4) is 11.1 Å². The molecule has 0 aliphatic heterocycles. The zero-order chi connectivity index (χ0) is 13.2. The first kappa shape index (κ1) is 11.4. The number of primary amides is 1. The van der Waals surface area contributed by atoms with Crippen LogP contribution in [0.15, 0.2) is 60.9 Å². The van der Waals surface area contributed by atoms with Gasteiger partial charge in [-0.3, -0.25) is 9.78 Å². The maximum atomic E-state index is 11.3. The largest absolute Gasteiger partial charge is 0.366 e. The quantitative estimate of drug-likeness (QED) is 0.758. The third-order valence-electron chi connectivity index (χ3n) is 3.13. The Hall–Kier alpha value is -2.68. The summed E-state index contributed by atoms with van der Waals surface area (Å²) < 4.78 is 0. The molecule has 0 bridgehead atoms. The molecule has 0 saturated carbocycles. The van der Waals surface area contributed by atoms with E-state index in [1.54, 1.807) is 12.1 Å². The van der Waals surface area contributed by atoms with Gasteiger partial charge in [-0.15, -0.1) is 0 Å². The predicted molar refractivity (Wildman–Crippen MR) is 75.7 cm³/mol. The van der Waals surface area contributed by atoms with Gasteiger partial charge in [0.2, 0.25) is 5.91 Å². The van der Waals surface area contributed by atoms with Gasteiger partial charge in [0.1, 0.15) is 0 Å². The van der Waals surface area contributed by atoms with Crippen LogP contribution in [0.25, 0.3) is 21.9 Å². The van der Waals surface area contributed by atoms with Gasteiger partial charge in [0.05, 0.1) is 0 Å². The number of rotatable bonds is 2. The van der Waals surface area contributed by atoms with Gasteiger partial charge in [-0.1, -0.05) is 36.4 Å². The zero-order valence-corrected chi connectivity index (χ0v) is 10.2. The van der Waals surface area contributed by atoms with Gasteiger partial charge < -0.3 is 5.73 Å². The second-order valence-corrected chi connectivity index (χ2v) is 4.35. The molecule has 1 amide bonds. The Morgan fingerprint density at radius 3 is 2.68 bits per heavy atom. The van der Waals surface area contributed by atoms with Crippen LogP contribution in [0.1, 0.15) is 10.4 Å². The summed E-state index contributed by atoms with van der Waals surface area (Å²) in [4.78, 5) is 15.5. The van der Waals surface area contributed by atoms with Crippen LogP contribution in [0, 0.1) is 0 Å². The van der Waals surface area contributed by atoms with E-state index in [9.17, 15) is 4.79 Å². The minimum absolute atomic E-state index is 0.421. The average molecular weight is 248 g/mol. The second kappa shape index (κ2) is 4.53. The highest BCUT2D eigenvalue weighted by atomic mass is 16.1. The summed E-state index contributed by atoms with van der Waals surface area (Å²) in [5.74, 6) is -0.421. The second-order valence-electron chi connectivity index (χ2n) is 4.35. The van der Waals surface area contributed by atoms with Gasteiger partial charge >= 0.3 is 0 Å². The predicted octanol–water partition coefficient (Wildman–Crippen LogP) is 3.00. The Bertz CT molecular complexity index is 760. The van der Waals surface area contributed by atoms with E-state index in [4.69, 9.17) is 5.73 Å². The molecule has 0 unspecified atom stereocenters. The third-order valence-corrected chi connectivity index (χ3v) is 3.13. The van der Waals surface area contributed by atoms with Crippen LogP contribution in [-0.2, 0) is 0 Å². The summed E-state index contributed by atoms with van der Waals surface area (Å²) in [5, 5.41) is 2.18. The number of pyridine rings is 1.